The predicted molar refractivity (Wildman–Crippen MR) is 76.7 cm³/mol. The molecule has 0 aromatic heterocycles. The summed E-state index contributed by atoms with van der Waals surface area (Å²) in [7, 11) is -1.62. The Morgan fingerprint density at radius 3 is 2.63 bits per heavy atom. The lowest BCUT2D eigenvalue weighted by atomic mass is 9.86. The lowest BCUT2D eigenvalue weighted by Crippen LogP contribution is -2.32. The van der Waals surface area contributed by atoms with Gasteiger partial charge in [-0.05, 0) is 43.5 Å². The van der Waals surface area contributed by atoms with Crippen molar-refractivity contribution in [1.29, 1.82) is 0 Å². The van der Waals surface area contributed by atoms with Crippen molar-refractivity contribution in [2.24, 2.45) is 5.92 Å². The lowest BCUT2D eigenvalue weighted by molar-refractivity contribution is 0.316. The molecule has 1 saturated carbocycles. The average molecular weight is 303 g/mol. The third-order valence-corrected chi connectivity index (χ3v) is 5.26. The molecule has 1 fully saturated rings. The van der Waals surface area contributed by atoms with Gasteiger partial charge in [-0.25, -0.2) is 13.1 Å². The summed E-state index contributed by atoms with van der Waals surface area (Å²) in [6.07, 6.45) is 3.44. The fraction of sp³-hybridized carbons (Fsp3) is 0.538. The quantitative estimate of drug-likeness (QED) is 0.846. The van der Waals surface area contributed by atoms with Crippen LogP contribution in [0.2, 0.25) is 5.02 Å². The van der Waals surface area contributed by atoms with E-state index in [0.717, 1.165) is 18.4 Å². The molecule has 1 aliphatic rings. The highest BCUT2D eigenvalue weighted by molar-refractivity contribution is 7.89. The van der Waals surface area contributed by atoms with Gasteiger partial charge in [0.25, 0.3) is 0 Å². The van der Waals surface area contributed by atoms with Crippen molar-refractivity contribution in [1.82, 2.24) is 10.0 Å². The van der Waals surface area contributed by atoms with Crippen molar-refractivity contribution in [2.45, 2.75) is 30.7 Å². The molecule has 1 aromatic carbocycles. The molecule has 0 spiro atoms. The van der Waals surface area contributed by atoms with Crippen molar-refractivity contribution in [3.63, 3.8) is 0 Å². The molecular weight excluding hydrogens is 284 g/mol. The summed E-state index contributed by atoms with van der Waals surface area (Å²) in [6, 6.07) is 4.86. The zero-order valence-corrected chi connectivity index (χ0v) is 12.5. The van der Waals surface area contributed by atoms with Crippen LogP contribution in [0.1, 0.15) is 24.8 Å². The van der Waals surface area contributed by atoms with Crippen LogP contribution in [0.5, 0.6) is 0 Å². The maximum atomic E-state index is 12.1. The highest BCUT2D eigenvalue weighted by Crippen LogP contribution is 2.26. The van der Waals surface area contributed by atoms with E-state index in [1.165, 1.54) is 12.5 Å². The average Bonchev–Trinajstić information content (AvgIpc) is 2.29. The van der Waals surface area contributed by atoms with Crippen LogP contribution in [0, 0.1) is 5.92 Å². The second kappa shape index (κ2) is 6.22. The van der Waals surface area contributed by atoms with E-state index in [2.05, 4.69) is 10.0 Å². The van der Waals surface area contributed by atoms with E-state index >= 15 is 0 Å². The molecule has 2 rings (SSSR count). The number of rotatable bonds is 6. The van der Waals surface area contributed by atoms with Crippen LogP contribution in [0.3, 0.4) is 0 Å². The summed E-state index contributed by atoms with van der Waals surface area (Å²) >= 11 is 6.08. The second-order valence-corrected chi connectivity index (χ2v) is 7.11. The standard InChI is InChI=1S/C13H19ClN2O2S/c1-15-9-11-5-6-12(7-13(11)14)19(17,18)16-8-10-3-2-4-10/h5-7,10,15-16H,2-4,8-9H2,1H3. The molecule has 0 aliphatic heterocycles. The molecule has 4 nitrogen and oxygen atoms in total. The first-order valence-corrected chi connectivity index (χ1v) is 8.32. The molecule has 0 heterocycles. The van der Waals surface area contributed by atoms with Crippen LogP contribution in [-0.2, 0) is 16.6 Å². The largest absolute Gasteiger partial charge is 0.316 e. The first kappa shape index (κ1) is 14.8. The molecule has 6 heteroatoms. The Morgan fingerprint density at radius 2 is 2.11 bits per heavy atom. The van der Waals surface area contributed by atoms with Gasteiger partial charge in [0.05, 0.1) is 4.90 Å². The van der Waals surface area contributed by atoms with Gasteiger partial charge in [-0.1, -0.05) is 24.1 Å². The first-order valence-electron chi connectivity index (χ1n) is 6.45. The molecule has 0 atom stereocenters. The van der Waals surface area contributed by atoms with Crippen LogP contribution in [0.25, 0.3) is 0 Å². The van der Waals surface area contributed by atoms with Gasteiger partial charge in [0.1, 0.15) is 0 Å². The van der Waals surface area contributed by atoms with Crippen LogP contribution in [-0.4, -0.2) is 22.0 Å². The molecule has 1 aromatic rings. The topological polar surface area (TPSA) is 58.2 Å². The summed E-state index contributed by atoms with van der Waals surface area (Å²) in [6.45, 7) is 1.15. The third-order valence-electron chi connectivity index (χ3n) is 3.49. The zero-order chi connectivity index (χ0) is 13.9. The van der Waals surface area contributed by atoms with Crippen molar-refractivity contribution < 1.29 is 8.42 Å². The van der Waals surface area contributed by atoms with E-state index in [4.69, 9.17) is 11.6 Å². The molecule has 0 amide bonds. The molecule has 106 valence electrons. The van der Waals surface area contributed by atoms with E-state index in [-0.39, 0.29) is 4.90 Å². The lowest BCUT2D eigenvalue weighted by Gasteiger charge is -2.25. The third kappa shape index (κ3) is 3.69. The first-order chi connectivity index (χ1) is 9.03. The van der Waals surface area contributed by atoms with Gasteiger partial charge >= 0.3 is 0 Å². The number of nitrogens with one attached hydrogen (secondary N) is 2. The van der Waals surface area contributed by atoms with E-state index in [9.17, 15) is 8.42 Å². The fourth-order valence-electron chi connectivity index (χ4n) is 2.04. The molecular formula is C13H19ClN2O2S. The minimum Gasteiger partial charge on any atom is -0.316 e. The van der Waals surface area contributed by atoms with Gasteiger partial charge in [0, 0.05) is 18.1 Å². The van der Waals surface area contributed by atoms with Crippen molar-refractivity contribution >= 4 is 21.6 Å². The van der Waals surface area contributed by atoms with Crippen molar-refractivity contribution in [3.05, 3.63) is 28.8 Å². The van der Waals surface area contributed by atoms with Gasteiger partial charge in [-0.2, -0.15) is 0 Å². The Morgan fingerprint density at radius 1 is 1.37 bits per heavy atom. The summed E-state index contributed by atoms with van der Waals surface area (Å²) in [5.74, 6) is 0.494. The number of benzene rings is 1. The smallest absolute Gasteiger partial charge is 0.240 e. The summed E-state index contributed by atoms with van der Waals surface area (Å²) in [4.78, 5) is 0.233. The number of hydrogen-bond acceptors (Lipinski definition) is 3. The molecule has 0 unspecified atom stereocenters. The summed E-state index contributed by atoms with van der Waals surface area (Å²) in [5.41, 5.74) is 0.891. The maximum Gasteiger partial charge on any atom is 0.240 e. The summed E-state index contributed by atoms with van der Waals surface area (Å²) < 4.78 is 26.9. The fourth-order valence-corrected chi connectivity index (χ4v) is 3.49. The Balaban J connectivity index is 2.08. The molecule has 1 aliphatic carbocycles. The molecule has 2 N–H and O–H groups in total. The Bertz CT molecular complexity index is 542. The molecule has 0 saturated heterocycles. The van der Waals surface area contributed by atoms with Crippen LogP contribution < -0.4 is 10.0 Å². The Hall–Kier alpha value is -0.620. The highest BCUT2D eigenvalue weighted by Gasteiger charge is 2.21. The van der Waals surface area contributed by atoms with E-state index < -0.39 is 10.0 Å². The van der Waals surface area contributed by atoms with Gasteiger partial charge in [-0.3, -0.25) is 0 Å². The van der Waals surface area contributed by atoms with E-state index in [0.29, 0.717) is 24.0 Å². The second-order valence-electron chi connectivity index (χ2n) is 4.93. The van der Waals surface area contributed by atoms with Crippen LogP contribution in [0.15, 0.2) is 23.1 Å². The number of halogens is 1. The number of sulfonamides is 1. The van der Waals surface area contributed by atoms with Gasteiger partial charge in [0.2, 0.25) is 10.0 Å². The van der Waals surface area contributed by atoms with Crippen molar-refractivity contribution in [2.75, 3.05) is 13.6 Å². The predicted octanol–water partition coefficient (Wildman–Crippen LogP) is 2.14. The van der Waals surface area contributed by atoms with E-state index in [1.54, 1.807) is 12.1 Å². The monoisotopic (exact) mass is 302 g/mol. The van der Waals surface area contributed by atoms with Crippen LogP contribution in [0.4, 0.5) is 0 Å². The Labute approximate surface area is 119 Å². The summed E-state index contributed by atoms with van der Waals surface area (Å²) in [5, 5.41) is 3.46. The normalized spacial score (nSPS) is 16.3. The zero-order valence-electron chi connectivity index (χ0n) is 10.9. The molecule has 0 radical (unpaired) electrons. The molecule has 0 bridgehead atoms. The SMILES string of the molecule is CNCc1ccc(S(=O)(=O)NCC2CCC2)cc1Cl. The highest BCUT2D eigenvalue weighted by atomic mass is 35.5. The van der Waals surface area contributed by atoms with Crippen LogP contribution >= 0.6 is 11.6 Å². The minimum atomic E-state index is -3.44. The van der Waals surface area contributed by atoms with E-state index in [1.807, 2.05) is 7.05 Å². The minimum absolute atomic E-state index is 0.233. The number of hydrogen-bond donors (Lipinski definition) is 2. The van der Waals surface area contributed by atoms with Gasteiger partial charge < -0.3 is 5.32 Å². The van der Waals surface area contributed by atoms with Gasteiger partial charge in [-0.15, -0.1) is 0 Å². The Kier molecular flexibility index (Phi) is 4.84. The molecule has 19 heavy (non-hydrogen) atoms. The van der Waals surface area contributed by atoms with Crippen molar-refractivity contribution in [3.8, 4) is 0 Å². The van der Waals surface area contributed by atoms with Gasteiger partial charge in [0.15, 0.2) is 0 Å². The maximum absolute atomic E-state index is 12.1.